The van der Waals surface area contributed by atoms with Crippen LogP contribution in [-0.2, 0) is 4.74 Å². The first kappa shape index (κ1) is 12.1. The highest BCUT2D eigenvalue weighted by Crippen LogP contribution is 2.37. The first-order valence-electron chi connectivity index (χ1n) is 5.72. The molecule has 1 N–H and O–H groups in total. The van der Waals surface area contributed by atoms with Gasteiger partial charge >= 0.3 is 0 Å². The van der Waals surface area contributed by atoms with E-state index < -0.39 is 5.82 Å². The second-order valence-corrected chi connectivity index (χ2v) is 5.36. The van der Waals surface area contributed by atoms with Crippen LogP contribution in [0.1, 0.15) is 18.9 Å². The zero-order valence-electron chi connectivity index (χ0n) is 9.74. The van der Waals surface area contributed by atoms with Crippen molar-refractivity contribution in [3.8, 4) is 0 Å². The van der Waals surface area contributed by atoms with Crippen molar-refractivity contribution in [1.82, 2.24) is 9.55 Å². The van der Waals surface area contributed by atoms with Gasteiger partial charge in [0.25, 0.3) is 0 Å². The Hall–Kier alpha value is -0.910. The number of fused-ring (bicyclic) bond motifs is 1. The predicted molar refractivity (Wildman–Crippen MR) is 71.2 cm³/mol. The Morgan fingerprint density at radius 3 is 2.89 bits per heavy atom. The highest BCUT2D eigenvalue weighted by Gasteiger charge is 2.32. The first-order valence-corrected chi connectivity index (χ1v) is 6.51. The number of aromatic amines is 1. The van der Waals surface area contributed by atoms with Crippen molar-refractivity contribution < 1.29 is 9.13 Å². The standard InChI is InChI=1S/C12H12ClFN2OS/c1-17-7-2-6(3-7)16-11-4-8(13)9(14)5-10(11)15-12(16)18/h4-7H,2-3H2,1H3,(H,15,18). The minimum atomic E-state index is -0.434. The zero-order valence-corrected chi connectivity index (χ0v) is 11.3. The lowest BCUT2D eigenvalue weighted by Crippen LogP contribution is -2.32. The Balaban J connectivity index is 2.09. The van der Waals surface area contributed by atoms with Gasteiger partial charge in [-0.05, 0) is 31.1 Å². The molecule has 1 aromatic carbocycles. The molecule has 0 bridgehead atoms. The zero-order chi connectivity index (χ0) is 12.9. The molecule has 0 spiro atoms. The number of hydrogen-bond acceptors (Lipinski definition) is 2. The molecule has 1 aliphatic carbocycles. The number of nitrogens with one attached hydrogen (secondary N) is 1. The second-order valence-electron chi connectivity index (χ2n) is 4.57. The molecule has 6 heteroatoms. The van der Waals surface area contributed by atoms with Gasteiger partial charge in [-0.25, -0.2) is 4.39 Å². The van der Waals surface area contributed by atoms with E-state index >= 15 is 0 Å². The molecule has 3 rings (SSSR count). The molecule has 0 amide bonds. The molecule has 18 heavy (non-hydrogen) atoms. The summed E-state index contributed by atoms with van der Waals surface area (Å²) in [6.07, 6.45) is 2.14. The van der Waals surface area contributed by atoms with Crippen LogP contribution < -0.4 is 0 Å². The summed E-state index contributed by atoms with van der Waals surface area (Å²) in [7, 11) is 1.71. The number of imidazole rings is 1. The van der Waals surface area contributed by atoms with Crippen molar-refractivity contribution in [2.45, 2.75) is 25.0 Å². The molecular weight excluding hydrogens is 275 g/mol. The van der Waals surface area contributed by atoms with E-state index in [2.05, 4.69) is 4.98 Å². The number of methoxy groups -OCH3 is 1. The third kappa shape index (κ3) is 1.77. The van der Waals surface area contributed by atoms with Gasteiger partial charge in [-0.1, -0.05) is 11.6 Å². The molecule has 1 fully saturated rings. The number of halogens is 2. The molecule has 1 heterocycles. The summed E-state index contributed by atoms with van der Waals surface area (Å²) in [5.74, 6) is -0.434. The third-order valence-corrected chi connectivity index (χ3v) is 4.12. The van der Waals surface area contributed by atoms with Gasteiger partial charge in [0.15, 0.2) is 4.77 Å². The van der Waals surface area contributed by atoms with E-state index in [1.807, 2.05) is 4.57 Å². The average molecular weight is 287 g/mol. The van der Waals surface area contributed by atoms with Gasteiger partial charge in [-0.15, -0.1) is 0 Å². The first-order chi connectivity index (χ1) is 8.60. The third-order valence-electron chi connectivity index (χ3n) is 3.53. The maximum Gasteiger partial charge on any atom is 0.178 e. The van der Waals surface area contributed by atoms with Crippen molar-refractivity contribution in [2.75, 3.05) is 7.11 Å². The second kappa shape index (κ2) is 4.33. The Morgan fingerprint density at radius 1 is 1.50 bits per heavy atom. The highest BCUT2D eigenvalue weighted by molar-refractivity contribution is 7.71. The van der Waals surface area contributed by atoms with E-state index in [1.165, 1.54) is 6.07 Å². The van der Waals surface area contributed by atoms with Gasteiger partial charge in [-0.2, -0.15) is 0 Å². The summed E-state index contributed by atoms with van der Waals surface area (Å²) in [5, 5.41) is 0.118. The Labute approximate surface area is 114 Å². The lowest BCUT2D eigenvalue weighted by molar-refractivity contribution is 0.00698. The van der Waals surface area contributed by atoms with Crippen LogP contribution in [0, 0.1) is 10.6 Å². The molecule has 0 atom stereocenters. The van der Waals surface area contributed by atoms with Gasteiger partial charge in [0, 0.05) is 19.2 Å². The summed E-state index contributed by atoms with van der Waals surface area (Å²) >= 11 is 11.1. The maximum atomic E-state index is 13.4. The van der Waals surface area contributed by atoms with Crippen LogP contribution in [0.25, 0.3) is 11.0 Å². The number of benzene rings is 1. The van der Waals surface area contributed by atoms with Crippen LogP contribution in [0.2, 0.25) is 5.02 Å². The molecule has 96 valence electrons. The highest BCUT2D eigenvalue weighted by atomic mass is 35.5. The van der Waals surface area contributed by atoms with Crippen molar-refractivity contribution >= 4 is 34.9 Å². The Bertz CT molecular complexity index is 660. The SMILES string of the molecule is COC1CC(n2c(=S)[nH]c3cc(F)c(Cl)cc32)C1. The minimum absolute atomic E-state index is 0.118. The van der Waals surface area contributed by atoms with E-state index in [0.717, 1.165) is 18.4 Å². The predicted octanol–water partition coefficient (Wildman–Crippen LogP) is 3.84. The fourth-order valence-corrected chi connectivity index (χ4v) is 2.94. The molecule has 1 saturated carbocycles. The van der Waals surface area contributed by atoms with Gasteiger partial charge in [0.1, 0.15) is 5.82 Å². The summed E-state index contributed by atoms with van der Waals surface area (Å²) in [4.78, 5) is 3.02. The van der Waals surface area contributed by atoms with Gasteiger partial charge in [-0.3, -0.25) is 0 Å². The van der Waals surface area contributed by atoms with Gasteiger partial charge in [0.05, 0.1) is 22.2 Å². The number of H-pyrrole nitrogens is 1. The quantitative estimate of drug-likeness (QED) is 0.850. The topological polar surface area (TPSA) is 29.9 Å². The number of aromatic nitrogens is 2. The van der Waals surface area contributed by atoms with Crippen LogP contribution in [0.15, 0.2) is 12.1 Å². The lowest BCUT2D eigenvalue weighted by atomic mass is 9.89. The van der Waals surface area contributed by atoms with Gasteiger partial charge < -0.3 is 14.3 Å². The van der Waals surface area contributed by atoms with E-state index in [9.17, 15) is 4.39 Å². The molecule has 1 aromatic heterocycles. The summed E-state index contributed by atoms with van der Waals surface area (Å²) in [5.41, 5.74) is 1.54. The van der Waals surface area contributed by atoms with Crippen molar-refractivity contribution in [3.05, 3.63) is 27.7 Å². The molecular formula is C12H12ClFN2OS. The summed E-state index contributed by atoms with van der Waals surface area (Å²) in [6.45, 7) is 0. The van der Waals surface area contributed by atoms with E-state index in [4.69, 9.17) is 28.6 Å². The Morgan fingerprint density at radius 2 is 2.22 bits per heavy atom. The number of rotatable bonds is 2. The summed E-state index contributed by atoms with van der Waals surface area (Å²) < 4.78 is 21.3. The monoisotopic (exact) mass is 286 g/mol. The van der Waals surface area contributed by atoms with Gasteiger partial charge in [0.2, 0.25) is 0 Å². The smallest absolute Gasteiger partial charge is 0.178 e. The molecule has 2 aromatic rings. The molecule has 0 saturated heterocycles. The van der Waals surface area contributed by atoms with E-state index in [0.29, 0.717) is 16.3 Å². The van der Waals surface area contributed by atoms with Crippen molar-refractivity contribution in [1.29, 1.82) is 0 Å². The number of ether oxygens (including phenoxy) is 1. The molecule has 3 nitrogen and oxygen atoms in total. The lowest BCUT2D eigenvalue weighted by Gasteiger charge is -2.35. The number of nitrogens with zero attached hydrogens (tertiary/aromatic N) is 1. The normalized spacial score (nSPS) is 23.3. The van der Waals surface area contributed by atoms with Crippen molar-refractivity contribution in [3.63, 3.8) is 0 Å². The van der Waals surface area contributed by atoms with Crippen LogP contribution in [0.5, 0.6) is 0 Å². The van der Waals surface area contributed by atoms with Crippen LogP contribution in [-0.4, -0.2) is 22.8 Å². The average Bonchev–Trinajstić information content (AvgIpc) is 2.55. The van der Waals surface area contributed by atoms with Crippen LogP contribution in [0.3, 0.4) is 0 Å². The van der Waals surface area contributed by atoms with Crippen molar-refractivity contribution in [2.24, 2.45) is 0 Å². The van der Waals surface area contributed by atoms with Crippen LogP contribution >= 0.6 is 23.8 Å². The molecule has 1 aliphatic rings. The fraction of sp³-hybridized carbons (Fsp3) is 0.417. The molecule has 0 radical (unpaired) electrons. The number of hydrogen-bond donors (Lipinski definition) is 1. The summed E-state index contributed by atoms with van der Waals surface area (Å²) in [6, 6.07) is 3.31. The van der Waals surface area contributed by atoms with E-state index in [1.54, 1.807) is 13.2 Å². The Kier molecular flexibility index (Phi) is 2.92. The maximum absolute atomic E-state index is 13.4. The van der Waals surface area contributed by atoms with E-state index in [-0.39, 0.29) is 11.1 Å². The minimum Gasteiger partial charge on any atom is -0.381 e. The molecule has 0 aliphatic heterocycles. The molecule has 0 unspecified atom stereocenters. The van der Waals surface area contributed by atoms with Crippen LogP contribution in [0.4, 0.5) is 4.39 Å². The fourth-order valence-electron chi connectivity index (χ4n) is 2.42. The largest absolute Gasteiger partial charge is 0.381 e.